The molecule has 0 atom stereocenters. The van der Waals surface area contributed by atoms with Gasteiger partial charge in [-0.3, -0.25) is 9.10 Å². The lowest BCUT2D eigenvalue weighted by molar-refractivity contribution is -0.114. The predicted octanol–water partition coefficient (Wildman–Crippen LogP) is 4.29. The van der Waals surface area contributed by atoms with E-state index in [0.717, 1.165) is 9.87 Å². The van der Waals surface area contributed by atoms with Crippen LogP contribution in [0.4, 0.5) is 11.4 Å². The van der Waals surface area contributed by atoms with Crippen molar-refractivity contribution in [2.75, 3.05) is 37.5 Å². The van der Waals surface area contributed by atoms with E-state index in [0.29, 0.717) is 11.5 Å². The highest BCUT2D eigenvalue weighted by molar-refractivity contribution is 7.92. The molecule has 11 heteroatoms. The number of methoxy groups -OCH3 is 3. The number of ether oxygens (including phenoxy) is 3. The maximum Gasteiger partial charge on any atom is 0.339 e. The van der Waals surface area contributed by atoms with Crippen molar-refractivity contribution in [2.24, 2.45) is 0 Å². The number of benzene rings is 3. The van der Waals surface area contributed by atoms with E-state index in [1.807, 2.05) is 6.92 Å². The molecular weight excluding hydrogens is 508 g/mol. The van der Waals surface area contributed by atoms with Gasteiger partial charge in [0.25, 0.3) is 10.0 Å². The molecule has 0 aliphatic heterocycles. The second kappa shape index (κ2) is 11.3. The summed E-state index contributed by atoms with van der Waals surface area (Å²) in [5.41, 5.74) is 1.37. The van der Waals surface area contributed by atoms with Crippen molar-refractivity contribution in [3.05, 3.63) is 76.8 Å². The summed E-state index contributed by atoms with van der Waals surface area (Å²) in [6, 6.07) is 15.1. The molecule has 0 unspecified atom stereocenters. The minimum absolute atomic E-state index is 0.00940. The fraction of sp³-hybridized carbons (Fsp3) is 0.200. The SMILES string of the molecule is COC(=O)c1cc(NC(=O)CN(c2ccc(OC)c(OC)c2)S(=O)(=O)c2ccc(C)cc2)ccc1Cl. The van der Waals surface area contributed by atoms with Crippen molar-refractivity contribution in [1.82, 2.24) is 0 Å². The number of hydrogen-bond acceptors (Lipinski definition) is 7. The molecule has 0 fully saturated rings. The van der Waals surface area contributed by atoms with Crippen molar-refractivity contribution >= 4 is 44.9 Å². The number of nitrogens with zero attached hydrogens (tertiary/aromatic N) is 1. The van der Waals surface area contributed by atoms with Gasteiger partial charge in [0, 0.05) is 11.8 Å². The van der Waals surface area contributed by atoms with Gasteiger partial charge in [-0.2, -0.15) is 0 Å². The normalized spacial score (nSPS) is 10.9. The van der Waals surface area contributed by atoms with E-state index in [-0.39, 0.29) is 26.9 Å². The molecule has 0 aliphatic carbocycles. The largest absolute Gasteiger partial charge is 0.493 e. The highest BCUT2D eigenvalue weighted by Gasteiger charge is 2.28. The molecule has 3 aromatic rings. The summed E-state index contributed by atoms with van der Waals surface area (Å²) < 4.78 is 43.4. The topological polar surface area (TPSA) is 111 Å². The molecule has 3 rings (SSSR count). The molecule has 3 aromatic carbocycles. The number of esters is 1. The first-order chi connectivity index (χ1) is 17.1. The quantitative estimate of drug-likeness (QED) is 0.409. The maximum absolute atomic E-state index is 13.6. The van der Waals surface area contributed by atoms with Crippen LogP contribution in [0.3, 0.4) is 0 Å². The Hall–Kier alpha value is -3.76. The Morgan fingerprint density at radius 2 is 1.58 bits per heavy atom. The van der Waals surface area contributed by atoms with Crippen molar-refractivity contribution < 1.29 is 32.2 Å². The molecule has 0 heterocycles. The van der Waals surface area contributed by atoms with Crippen molar-refractivity contribution in [1.29, 1.82) is 0 Å². The standard InChI is InChI=1S/C25H25ClN2O7S/c1-16-5-9-19(10-6-16)36(31,32)28(18-8-12-22(33-2)23(14-18)34-3)15-24(29)27-17-7-11-21(26)20(13-17)25(30)35-4/h5-14H,15H2,1-4H3,(H,27,29). The number of nitrogens with one attached hydrogen (secondary N) is 1. The zero-order valence-corrected chi connectivity index (χ0v) is 21.6. The monoisotopic (exact) mass is 532 g/mol. The lowest BCUT2D eigenvalue weighted by Crippen LogP contribution is -2.38. The Morgan fingerprint density at radius 1 is 0.917 bits per heavy atom. The third-order valence-corrected chi connectivity index (χ3v) is 7.32. The third-order valence-electron chi connectivity index (χ3n) is 5.21. The summed E-state index contributed by atoms with van der Waals surface area (Å²) in [4.78, 5) is 25.0. The summed E-state index contributed by atoms with van der Waals surface area (Å²) in [6.45, 7) is 1.27. The summed E-state index contributed by atoms with van der Waals surface area (Å²) in [6.07, 6.45) is 0. The molecule has 0 saturated heterocycles. The highest BCUT2D eigenvalue weighted by atomic mass is 35.5. The molecule has 0 saturated carbocycles. The van der Waals surface area contributed by atoms with Crippen LogP contribution in [0.2, 0.25) is 5.02 Å². The van der Waals surface area contributed by atoms with Crippen LogP contribution in [0.25, 0.3) is 0 Å². The molecule has 190 valence electrons. The van der Waals surface area contributed by atoms with E-state index in [4.69, 9.17) is 25.8 Å². The number of halogens is 1. The molecule has 0 bridgehead atoms. The second-order valence-electron chi connectivity index (χ2n) is 7.60. The van der Waals surface area contributed by atoms with Gasteiger partial charge in [-0.15, -0.1) is 0 Å². The minimum Gasteiger partial charge on any atom is -0.493 e. The van der Waals surface area contributed by atoms with E-state index < -0.39 is 28.4 Å². The summed E-state index contributed by atoms with van der Waals surface area (Å²) in [7, 11) is -0.0630. The average Bonchev–Trinajstić information content (AvgIpc) is 2.87. The van der Waals surface area contributed by atoms with Gasteiger partial charge in [0.15, 0.2) is 11.5 Å². The first-order valence-electron chi connectivity index (χ1n) is 10.6. The Bertz CT molecular complexity index is 1380. The number of carbonyl (C=O) groups is 2. The number of hydrogen-bond donors (Lipinski definition) is 1. The Morgan fingerprint density at radius 3 is 2.19 bits per heavy atom. The lowest BCUT2D eigenvalue weighted by Gasteiger charge is -2.25. The van der Waals surface area contributed by atoms with Gasteiger partial charge in [-0.25, -0.2) is 13.2 Å². The first kappa shape index (κ1) is 26.8. The zero-order chi connectivity index (χ0) is 26.5. The van der Waals surface area contributed by atoms with Gasteiger partial charge in [0.1, 0.15) is 6.54 Å². The smallest absolute Gasteiger partial charge is 0.339 e. The number of carbonyl (C=O) groups excluding carboxylic acids is 2. The fourth-order valence-electron chi connectivity index (χ4n) is 3.33. The van der Waals surface area contributed by atoms with Crippen LogP contribution in [-0.4, -0.2) is 48.2 Å². The summed E-state index contributed by atoms with van der Waals surface area (Å²) in [5.74, 6) is -0.640. The molecule has 1 amide bonds. The number of aryl methyl sites for hydroxylation is 1. The molecule has 1 N–H and O–H groups in total. The van der Waals surface area contributed by atoms with Crippen LogP contribution in [0.1, 0.15) is 15.9 Å². The van der Waals surface area contributed by atoms with E-state index in [9.17, 15) is 18.0 Å². The van der Waals surface area contributed by atoms with Crippen LogP contribution in [0.5, 0.6) is 11.5 Å². The van der Waals surface area contributed by atoms with E-state index in [2.05, 4.69) is 5.32 Å². The molecule has 9 nitrogen and oxygen atoms in total. The van der Waals surface area contributed by atoms with Gasteiger partial charge in [0.05, 0.1) is 42.5 Å². The molecule has 0 spiro atoms. The number of amides is 1. The van der Waals surface area contributed by atoms with E-state index in [1.54, 1.807) is 18.2 Å². The van der Waals surface area contributed by atoms with Gasteiger partial charge >= 0.3 is 5.97 Å². The van der Waals surface area contributed by atoms with Crippen LogP contribution < -0.4 is 19.1 Å². The number of anilines is 2. The Balaban J connectivity index is 1.99. The van der Waals surface area contributed by atoms with Crippen LogP contribution >= 0.6 is 11.6 Å². The Labute approximate surface area is 214 Å². The third kappa shape index (κ3) is 5.89. The van der Waals surface area contributed by atoms with Gasteiger partial charge < -0.3 is 19.5 Å². The molecule has 0 aromatic heterocycles. The predicted molar refractivity (Wildman–Crippen MR) is 137 cm³/mol. The second-order valence-corrected chi connectivity index (χ2v) is 9.87. The molecule has 36 heavy (non-hydrogen) atoms. The zero-order valence-electron chi connectivity index (χ0n) is 20.1. The van der Waals surface area contributed by atoms with Crippen molar-refractivity contribution in [3.63, 3.8) is 0 Å². The van der Waals surface area contributed by atoms with Crippen LogP contribution in [0, 0.1) is 6.92 Å². The maximum atomic E-state index is 13.6. The first-order valence-corrected chi connectivity index (χ1v) is 12.4. The Kier molecular flexibility index (Phi) is 8.44. The van der Waals surface area contributed by atoms with Gasteiger partial charge in [0.2, 0.25) is 5.91 Å². The van der Waals surface area contributed by atoms with Gasteiger partial charge in [-0.05, 0) is 49.4 Å². The highest BCUT2D eigenvalue weighted by Crippen LogP contribution is 2.34. The average molecular weight is 533 g/mol. The molecule has 0 radical (unpaired) electrons. The summed E-state index contributed by atoms with van der Waals surface area (Å²) >= 11 is 6.04. The van der Waals surface area contributed by atoms with Crippen LogP contribution in [0.15, 0.2) is 65.6 Å². The van der Waals surface area contributed by atoms with Gasteiger partial charge in [-0.1, -0.05) is 29.3 Å². The lowest BCUT2D eigenvalue weighted by atomic mass is 10.2. The van der Waals surface area contributed by atoms with Crippen LogP contribution in [-0.2, 0) is 19.6 Å². The van der Waals surface area contributed by atoms with E-state index in [1.165, 1.54) is 63.8 Å². The molecule has 0 aliphatic rings. The van der Waals surface area contributed by atoms with Crippen molar-refractivity contribution in [3.8, 4) is 11.5 Å². The fourth-order valence-corrected chi connectivity index (χ4v) is 4.94. The summed E-state index contributed by atoms with van der Waals surface area (Å²) in [5, 5.41) is 2.75. The van der Waals surface area contributed by atoms with Crippen molar-refractivity contribution in [2.45, 2.75) is 11.8 Å². The molecular formula is C25H25ClN2O7S. The van der Waals surface area contributed by atoms with E-state index >= 15 is 0 Å². The minimum atomic E-state index is -4.15. The number of sulfonamides is 1. The number of rotatable bonds is 9.